The summed E-state index contributed by atoms with van der Waals surface area (Å²) >= 11 is 0. The molecule has 0 spiro atoms. The molecule has 102 valence electrons. The topological polar surface area (TPSA) is 62.6 Å². The smallest absolute Gasteiger partial charge is 0.409 e. The maximum absolute atomic E-state index is 13.1. The summed E-state index contributed by atoms with van der Waals surface area (Å²) in [7, 11) is 2.99. The van der Waals surface area contributed by atoms with Crippen LogP contribution >= 0.6 is 0 Å². The first-order valence-corrected chi connectivity index (χ1v) is 5.65. The van der Waals surface area contributed by atoms with Gasteiger partial charge in [0.15, 0.2) is 0 Å². The number of nitrogens with zero attached hydrogens (tertiary/aromatic N) is 2. The number of carbonyl (C=O) groups excluding carboxylic acids is 1. The Balaban J connectivity index is 2.59. The summed E-state index contributed by atoms with van der Waals surface area (Å²) in [5.74, 6) is 0.0264. The minimum absolute atomic E-state index is 0.0866. The monoisotopic (exact) mass is 266 g/mol. The van der Waals surface area contributed by atoms with Gasteiger partial charge in [-0.05, 0) is 18.2 Å². The van der Waals surface area contributed by atoms with E-state index in [0.717, 1.165) is 0 Å². The van der Waals surface area contributed by atoms with Gasteiger partial charge in [0.05, 0.1) is 19.6 Å². The van der Waals surface area contributed by atoms with Crippen LogP contribution in [0.15, 0.2) is 18.2 Å². The second-order valence-corrected chi connectivity index (χ2v) is 3.84. The van der Waals surface area contributed by atoms with Gasteiger partial charge in [-0.25, -0.2) is 9.18 Å². The van der Waals surface area contributed by atoms with Gasteiger partial charge in [0, 0.05) is 19.2 Å². The average Bonchev–Trinajstić information content (AvgIpc) is 2.42. The molecule has 1 aromatic rings. The molecule has 0 aliphatic rings. The van der Waals surface area contributed by atoms with E-state index >= 15 is 0 Å². The molecule has 0 saturated heterocycles. The highest BCUT2D eigenvalue weighted by Crippen LogP contribution is 2.20. The number of amides is 1. The maximum Gasteiger partial charge on any atom is 0.409 e. The van der Waals surface area contributed by atoms with E-state index in [4.69, 9.17) is 14.7 Å². The Morgan fingerprint density at radius 2 is 2.26 bits per heavy atom. The second-order valence-electron chi connectivity index (χ2n) is 3.84. The summed E-state index contributed by atoms with van der Waals surface area (Å²) in [6, 6.07) is 5.92. The first kappa shape index (κ1) is 14.8. The molecule has 0 N–H and O–H groups in total. The van der Waals surface area contributed by atoms with Crippen LogP contribution in [0.25, 0.3) is 0 Å². The highest BCUT2D eigenvalue weighted by molar-refractivity contribution is 5.67. The van der Waals surface area contributed by atoms with Gasteiger partial charge in [0.1, 0.15) is 18.2 Å². The SMILES string of the molecule is COc1ccc(F)cc1COC(=O)N(C)CCC#N. The third-order valence-electron chi connectivity index (χ3n) is 2.46. The Morgan fingerprint density at radius 1 is 1.53 bits per heavy atom. The van der Waals surface area contributed by atoms with Gasteiger partial charge in [-0.2, -0.15) is 5.26 Å². The standard InChI is InChI=1S/C13H15FN2O3/c1-16(7-3-6-15)13(17)19-9-10-8-11(14)4-5-12(10)18-2/h4-5,8H,3,7,9H2,1-2H3. The summed E-state index contributed by atoms with van der Waals surface area (Å²) < 4.78 is 23.1. The van der Waals surface area contributed by atoms with Crippen LogP contribution in [0, 0.1) is 17.1 Å². The molecule has 0 aliphatic carbocycles. The van der Waals surface area contributed by atoms with Gasteiger partial charge < -0.3 is 14.4 Å². The molecule has 0 fully saturated rings. The van der Waals surface area contributed by atoms with Crippen LogP contribution in [0.5, 0.6) is 5.75 Å². The lowest BCUT2D eigenvalue weighted by Gasteiger charge is -2.16. The van der Waals surface area contributed by atoms with Gasteiger partial charge in [-0.15, -0.1) is 0 Å². The highest BCUT2D eigenvalue weighted by atomic mass is 19.1. The number of ether oxygens (including phenoxy) is 2. The minimum atomic E-state index is -0.568. The molecule has 0 aromatic heterocycles. The van der Waals surface area contributed by atoms with Crippen LogP contribution in [0.4, 0.5) is 9.18 Å². The fraction of sp³-hybridized carbons (Fsp3) is 0.385. The van der Waals surface area contributed by atoms with Crippen molar-refractivity contribution in [3.8, 4) is 11.8 Å². The van der Waals surface area contributed by atoms with Crippen LogP contribution in [-0.4, -0.2) is 31.7 Å². The molecule has 6 heteroatoms. The fourth-order valence-electron chi connectivity index (χ4n) is 1.42. The second kappa shape index (κ2) is 7.21. The van der Waals surface area contributed by atoms with Gasteiger partial charge in [0.25, 0.3) is 0 Å². The number of nitriles is 1. The molecule has 1 aromatic carbocycles. The van der Waals surface area contributed by atoms with E-state index < -0.39 is 11.9 Å². The summed E-state index contributed by atoms with van der Waals surface area (Å²) in [6.07, 6.45) is -0.337. The van der Waals surface area contributed by atoms with Crippen LogP contribution in [-0.2, 0) is 11.3 Å². The van der Waals surface area contributed by atoms with Crippen molar-refractivity contribution in [1.82, 2.24) is 4.90 Å². The predicted octanol–water partition coefficient (Wildman–Crippen LogP) is 2.32. The lowest BCUT2D eigenvalue weighted by Crippen LogP contribution is -2.28. The van der Waals surface area contributed by atoms with Gasteiger partial charge >= 0.3 is 6.09 Å². The van der Waals surface area contributed by atoms with E-state index in [9.17, 15) is 9.18 Å². The number of hydrogen-bond acceptors (Lipinski definition) is 4. The third kappa shape index (κ3) is 4.47. The quantitative estimate of drug-likeness (QED) is 0.820. The largest absolute Gasteiger partial charge is 0.496 e. The zero-order valence-corrected chi connectivity index (χ0v) is 10.9. The number of rotatable bonds is 5. The molecule has 0 atom stereocenters. The fourth-order valence-corrected chi connectivity index (χ4v) is 1.42. The number of benzene rings is 1. The molecule has 0 saturated carbocycles. The van der Waals surface area contributed by atoms with E-state index in [1.807, 2.05) is 6.07 Å². The van der Waals surface area contributed by atoms with Crippen LogP contribution in [0.2, 0.25) is 0 Å². The molecule has 0 unspecified atom stereocenters. The molecule has 0 bridgehead atoms. The first-order chi connectivity index (χ1) is 9.08. The van der Waals surface area contributed by atoms with Gasteiger partial charge in [0.2, 0.25) is 0 Å². The molecule has 5 nitrogen and oxygen atoms in total. The zero-order chi connectivity index (χ0) is 14.3. The molecule has 19 heavy (non-hydrogen) atoms. The van der Waals surface area contributed by atoms with Crippen molar-refractivity contribution in [3.05, 3.63) is 29.6 Å². The first-order valence-electron chi connectivity index (χ1n) is 5.65. The normalized spacial score (nSPS) is 9.58. The lowest BCUT2D eigenvalue weighted by molar-refractivity contribution is 0.104. The number of carbonyl (C=O) groups is 1. The molecule has 1 rings (SSSR count). The Labute approximate surface area is 111 Å². The molecular formula is C13H15FN2O3. The van der Waals surface area contributed by atoms with E-state index in [-0.39, 0.29) is 19.6 Å². The average molecular weight is 266 g/mol. The number of methoxy groups -OCH3 is 1. The Hall–Kier alpha value is -2.29. The van der Waals surface area contributed by atoms with Crippen LogP contribution < -0.4 is 4.74 Å². The predicted molar refractivity (Wildman–Crippen MR) is 66.0 cm³/mol. The number of hydrogen-bond donors (Lipinski definition) is 0. The summed E-state index contributed by atoms with van der Waals surface area (Å²) in [6.45, 7) is 0.201. The Bertz CT molecular complexity index is 485. The summed E-state index contributed by atoms with van der Waals surface area (Å²) in [4.78, 5) is 12.9. The van der Waals surface area contributed by atoms with Crippen molar-refractivity contribution >= 4 is 6.09 Å². The van der Waals surface area contributed by atoms with Crippen LogP contribution in [0.1, 0.15) is 12.0 Å². The van der Waals surface area contributed by atoms with Gasteiger partial charge in [-0.3, -0.25) is 0 Å². The minimum Gasteiger partial charge on any atom is -0.496 e. The van der Waals surface area contributed by atoms with Crippen LogP contribution in [0.3, 0.4) is 0 Å². The zero-order valence-electron chi connectivity index (χ0n) is 10.9. The molecule has 0 heterocycles. The maximum atomic E-state index is 13.1. The van der Waals surface area contributed by atoms with E-state index in [1.165, 1.54) is 37.3 Å². The highest BCUT2D eigenvalue weighted by Gasteiger charge is 2.12. The van der Waals surface area contributed by atoms with Crippen molar-refractivity contribution in [2.75, 3.05) is 20.7 Å². The van der Waals surface area contributed by atoms with Crippen molar-refractivity contribution in [1.29, 1.82) is 5.26 Å². The summed E-state index contributed by atoms with van der Waals surface area (Å²) in [5.41, 5.74) is 0.449. The van der Waals surface area contributed by atoms with Crippen molar-refractivity contribution in [2.45, 2.75) is 13.0 Å². The van der Waals surface area contributed by atoms with Crippen molar-refractivity contribution in [2.24, 2.45) is 0 Å². The summed E-state index contributed by atoms with van der Waals surface area (Å²) in [5, 5.41) is 8.42. The molecule has 0 radical (unpaired) electrons. The molecular weight excluding hydrogens is 251 g/mol. The lowest BCUT2D eigenvalue weighted by atomic mass is 10.2. The third-order valence-corrected chi connectivity index (χ3v) is 2.46. The van der Waals surface area contributed by atoms with E-state index in [2.05, 4.69) is 0 Å². The van der Waals surface area contributed by atoms with Crippen molar-refractivity contribution < 1.29 is 18.7 Å². The van der Waals surface area contributed by atoms with Gasteiger partial charge in [-0.1, -0.05) is 0 Å². The molecule has 0 aliphatic heterocycles. The molecule has 1 amide bonds. The van der Waals surface area contributed by atoms with E-state index in [1.54, 1.807) is 0 Å². The van der Waals surface area contributed by atoms with E-state index in [0.29, 0.717) is 11.3 Å². The Kier molecular flexibility index (Phi) is 5.61. The Morgan fingerprint density at radius 3 is 2.89 bits per heavy atom. The van der Waals surface area contributed by atoms with Crippen molar-refractivity contribution in [3.63, 3.8) is 0 Å². The number of halogens is 1.